The highest BCUT2D eigenvalue weighted by Crippen LogP contribution is 2.33. The van der Waals surface area contributed by atoms with E-state index in [9.17, 15) is 4.79 Å². The summed E-state index contributed by atoms with van der Waals surface area (Å²) in [5.74, 6) is 0. The molecule has 3 heterocycles. The van der Waals surface area contributed by atoms with Gasteiger partial charge in [-0.3, -0.25) is 0 Å². The van der Waals surface area contributed by atoms with E-state index in [1.807, 2.05) is 17.6 Å². The number of nitrogens with zero attached hydrogens (tertiary/aromatic N) is 2. The molecule has 1 aliphatic rings. The molecule has 82 valence electrons. The van der Waals surface area contributed by atoms with Gasteiger partial charge < -0.3 is 9.55 Å². The van der Waals surface area contributed by atoms with E-state index >= 15 is 0 Å². The van der Waals surface area contributed by atoms with E-state index in [0.717, 1.165) is 40.6 Å². The summed E-state index contributed by atoms with van der Waals surface area (Å²) >= 11 is 6.12. The van der Waals surface area contributed by atoms with Gasteiger partial charge in [-0.1, -0.05) is 11.6 Å². The van der Waals surface area contributed by atoms with Crippen molar-refractivity contribution in [1.82, 2.24) is 14.5 Å². The molecule has 4 nitrogen and oxygen atoms in total. The fourth-order valence-corrected chi connectivity index (χ4v) is 2.58. The van der Waals surface area contributed by atoms with Crippen molar-refractivity contribution < 1.29 is 0 Å². The minimum Gasteiger partial charge on any atom is -0.330 e. The van der Waals surface area contributed by atoms with Crippen molar-refractivity contribution in [1.29, 1.82) is 0 Å². The van der Waals surface area contributed by atoms with Crippen LogP contribution in [-0.2, 0) is 13.0 Å². The van der Waals surface area contributed by atoms with Crippen LogP contribution < -0.4 is 5.69 Å². The molecule has 0 aromatic carbocycles. The van der Waals surface area contributed by atoms with Crippen LogP contribution in [0.1, 0.15) is 11.1 Å². The van der Waals surface area contributed by atoms with Crippen LogP contribution in [0.25, 0.3) is 11.4 Å². The highest BCUT2D eigenvalue weighted by Gasteiger charge is 2.21. The predicted octanol–water partition coefficient (Wildman–Crippen LogP) is 1.76. The molecule has 3 rings (SSSR count). The summed E-state index contributed by atoms with van der Waals surface area (Å²) in [6, 6.07) is 1.92. The van der Waals surface area contributed by atoms with Crippen molar-refractivity contribution in [3.05, 3.63) is 39.0 Å². The van der Waals surface area contributed by atoms with E-state index in [1.54, 1.807) is 6.20 Å². The fraction of sp³-hybridized carbons (Fsp3) is 0.273. The Morgan fingerprint density at radius 1 is 1.56 bits per heavy atom. The van der Waals surface area contributed by atoms with Gasteiger partial charge in [0, 0.05) is 12.7 Å². The molecule has 0 bridgehead atoms. The topological polar surface area (TPSA) is 50.7 Å². The van der Waals surface area contributed by atoms with E-state index in [-0.39, 0.29) is 5.69 Å². The van der Waals surface area contributed by atoms with Gasteiger partial charge in [0.25, 0.3) is 0 Å². The Bertz CT molecular complexity index is 627. The van der Waals surface area contributed by atoms with Crippen molar-refractivity contribution in [2.75, 3.05) is 0 Å². The molecule has 1 aliphatic heterocycles. The van der Waals surface area contributed by atoms with Gasteiger partial charge in [-0.2, -0.15) is 0 Å². The molecular weight excluding hydrogens is 226 g/mol. The Morgan fingerprint density at radius 3 is 3.19 bits per heavy atom. The van der Waals surface area contributed by atoms with E-state index in [4.69, 9.17) is 11.6 Å². The lowest BCUT2D eigenvalue weighted by Crippen LogP contribution is -2.19. The maximum Gasteiger partial charge on any atom is 0.345 e. The summed E-state index contributed by atoms with van der Waals surface area (Å²) in [4.78, 5) is 17.8. The third kappa shape index (κ3) is 1.23. The molecule has 2 aromatic rings. The number of fused-ring (bicyclic) bond motifs is 3. The first-order chi connectivity index (χ1) is 7.66. The standard InChI is InChI=1S/C11H10ClN3O/c1-6-4-8(12)15-3-2-7-5-13-11(16)14-9(7)10(6)15/h4-5H,2-3H2,1H3,(H,13,14,16). The molecule has 1 N–H and O–H groups in total. The minimum atomic E-state index is -0.316. The van der Waals surface area contributed by atoms with Crippen molar-refractivity contribution in [2.45, 2.75) is 19.9 Å². The summed E-state index contributed by atoms with van der Waals surface area (Å²) < 4.78 is 2.02. The number of nitrogens with one attached hydrogen (secondary N) is 1. The SMILES string of the molecule is Cc1cc(Cl)n2c1-c1[nH]c(=O)ncc1CC2. The molecule has 0 spiro atoms. The van der Waals surface area contributed by atoms with Crippen LogP contribution in [0.2, 0.25) is 5.15 Å². The highest BCUT2D eigenvalue weighted by atomic mass is 35.5. The van der Waals surface area contributed by atoms with Crippen LogP contribution in [0, 0.1) is 6.92 Å². The average Bonchev–Trinajstić information content (AvgIpc) is 2.54. The van der Waals surface area contributed by atoms with Crippen molar-refractivity contribution in [3.63, 3.8) is 0 Å². The zero-order chi connectivity index (χ0) is 11.3. The number of H-pyrrole nitrogens is 1. The van der Waals surface area contributed by atoms with E-state index in [1.165, 1.54) is 0 Å². The van der Waals surface area contributed by atoms with Gasteiger partial charge in [-0.15, -0.1) is 0 Å². The number of halogens is 1. The summed E-state index contributed by atoms with van der Waals surface area (Å²) in [6.07, 6.45) is 2.50. The predicted molar refractivity (Wildman–Crippen MR) is 61.7 cm³/mol. The van der Waals surface area contributed by atoms with Gasteiger partial charge in [-0.25, -0.2) is 9.78 Å². The van der Waals surface area contributed by atoms with E-state index in [2.05, 4.69) is 9.97 Å². The average molecular weight is 236 g/mol. The van der Waals surface area contributed by atoms with Crippen molar-refractivity contribution >= 4 is 11.6 Å². The Kier molecular flexibility index (Phi) is 1.94. The lowest BCUT2D eigenvalue weighted by molar-refractivity contribution is 0.678. The summed E-state index contributed by atoms with van der Waals surface area (Å²) in [5, 5.41) is 0.718. The van der Waals surface area contributed by atoms with Gasteiger partial charge in [0.15, 0.2) is 0 Å². The van der Waals surface area contributed by atoms with Crippen molar-refractivity contribution in [3.8, 4) is 11.4 Å². The lowest BCUT2D eigenvalue weighted by Gasteiger charge is -2.19. The van der Waals surface area contributed by atoms with Crippen LogP contribution >= 0.6 is 11.6 Å². The molecular formula is C11H10ClN3O. The van der Waals surface area contributed by atoms with Crippen LogP contribution in [0.5, 0.6) is 0 Å². The van der Waals surface area contributed by atoms with Gasteiger partial charge in [0.05, 0.1) is 11.4 Å². The Morgan fingerprint density at radius 2 is 2.38 bits per heavy atom. The Hall–Kier alpha value is -1.55. The first-order valence-electron chi connectivity index (χ1n) is 5.11. The molecule has 2 aromatic heterocycles. The monoisotopic (exact) mass is 235 g/mol. The van der Waals surface area contributed by atoms with Gasteiger partial charge in [0.1, 0.15) is 5.15 Å². The van der Waals surface area contributed by atoms with Crippen LogP contribution in [0.15, 0.2) is 17.1 Å². The molecule has 0 aliphatic carbocycles. The molecule has 0 atom stereocenters. The maximum atomic E-state index is 11.3. The fourth-order valence-electron chi connectivity index (χ4n) is 2.25. The highest BCUT2D eigenvalue weighted by molar-refractivity contribution is 6.30. The number of hydrogen-bond donors (Lipinski definition) is 1. The number of hydrogen-bond acceptors (Lipinski definition) is 2. The molecule has 0 saturated heterocycles. The molecule has 16 heavy (non-hydrogen) atoms. The number of rotatable bonds is 0. The van der Waals surface area contributed by atoms with Crippen LogP contribution in [0.4, 0.5) is 0 Å². The zero-order valence-electron chi connectivity index (χ0n) is 8.75. The molecule has 0 fully saturated rings. The number of aryl methyl sites for hydroxylation is 2. The quantitative estimate of drug-likeness (QED) is 0.757. The minimum absolute atomic E-state index is 0.316. The molecule has 0 unspecified atom stereocenters. The largest absolute Gasteiger partial charge is 0.345 e. The molecule has 0 amide bonds. The third-order valence-corrected chi connectivity index (χ3v) is 3.28. The Labute approximate surface area is 96.9 Å². The second-order valence-corrected chi connectivity index (χ2v) is 4.38. The van der Waals surface area contributed by atoms with Gasteiger partial charge in [-0.05, 0) is 30.5 Å². The van der Waals surface area contributed by atoms with Crippen molar-refractivity contribution in [2.24, 2.45) is 0 Å². The summed E-state index contributed by atoms with van der Waals surface area (Å²) in [5.41, 5.74) is 3.70. The van der Waals surface area contributed by atoms with E-state index < -0.39 is 0 Å². The van der Waals surface area contributed by atoms with E-state index in [0.29, 0.717) is 0 Å². The van der Waals surface area contributed by atoms with Gasteiger partial charge >= 0.3 is 5.69 Å². The first-order valence-corrected chi connectivity index (χ1v) is 5.49. The molecule has 0 radical (unpaired) electrons. The lowest BCUT2D eigenvalue weighted by atomic mass is 10.0. The number of aromatic amines is 1. The van der Waals surface area contributed by atoms with Crippen LogP contribution in [-0.4, -0.2) is 14.5 Å². The Balaban J connectivity index is 2.37. The number of aromatic nitrogens is 3. The third-order valence-electron chi connectivity index (χ3n) is 2.97. The van der Waals surface area contributed by atoms with Gasteiger partial charge in [0.2, 0.25) is 0 Å². The summed E-state index contributed by atoms with van der Waals surface area (Å²) in [7, 11) is 0. The summed E-state index contributed by atoms with van der Waals surface area (Å²) in [6.45, 7) is 2.83. The molecule has 5 heteroatoms. The smallest absolute Gasteiger partial charge is 0.330 e. The maximum absolute atomic E-state index is 11.3. The molecule has 0 saturated carbocycles. The zero-order valence-corrected chi connectivity index (χ0v) is 9.51. The first kappa shape index (κ1) is 9.66. The second-order valence-electron chi connectivity index (χ2n) is 3.99. The normalized spacial score (nSPS) is 13.4. The second kappa shape index (κ2) is 3.22. The van der Waals surface area contributed by atoms with Crippen LogP contribution in [0.3, 0.4) is 0 Å².